The first-order valence-corrected chi connectivity index (χ1v) is 13.0. The fourth-order valence-electron chi connectivity index (χ4n) is 5.30. The fourth-order valence-corrected chi connectivity index (χ4v) is 5.30. The second kappa shape index (κ2) is 9.58. The van der Waals surface area contributed by atoms with E-state index in [1.54, 1.807) is 0 Å². The van der Waals surface area contributed by atoms with Gasteiger partial charge in [0.25, 0.3) is 0 Å². The molecule has 0 spiro atoms. The molecule has 4 nitrogen and oxygen atoms in total. The van der Waals surface area contributed by atoms with Gasteiger partial charge < -0.3 is 0 Å². The number of benzene rings is 3. The lowest BCUT2D eigenvalue weighted by atomic mass is 9.88. The second-order valence-corrected chi connectivity index (χ2v) is 9.64. The molecule has 0 aliphatic heterocycles. The van der Waals surface area contributed by atoms with Crippen molar-refractivity contribution < 1.29 is 0 Å². The summed E-state index contributed by atoms with van der Waals surface area (Å²) in [5.74, 6) is 0. The van der Waals surface area contributed by atoms with E-state index in [0.29, 0.717) is 0 Å². The van der Waals surface area contributed by atoms with E-state index in [9.17, 15) is 0 Å². The molecule has 4 heteroatoms. The zero-order valence-electron chi connectivity index (χ0n) is 21.4. The van der Waals surface area contributed by atoms with Crippen molar-refractivity contribution in [2.45, 2.75) is 6.92 Å². The van der Waals surface area contributed by atoms with Gasteiger partial charge in [-0.05, 0) is 77.0 Å². The van der Waals surface area contributed by atoms with Gasteiger partial charge in [0.05, 0.1) is 22.8 Å². The van der Waals surface area contributed by atoms with Gasteiger partial charge in [0.1, 0.15) is 0 Å². The number of nitrogens with zero attached hydrogens (tertiary/aromatic N) is 4. The zero-order valence-corrected chi connectivity index (χ0v) is 21.4. The highest BCUT2D eigenvalue weighted by Gasteiger charge is 2.18. The SMILES string of the molecule is Cc1ccc2c(-c3ccc(-c4ccccn4)cn3)c3ccccc3c(-c3ccc(-c4ccccn4)cn3)c2c1. The minimum absolute atomic E-state index is 0.914. The Hall–Kier alpha value is -5.22. The van der Waals surface area contributed by atoms with Crippen molar-refractivity contribution in [3.8, 4) is 45.0 Å². The molecular formula is C35H24N4. The first-order chi connectivity index (χ1) is 19.3. The van der Waals surface area contributed by atoms with Crippen LogP contribution in [-0.2, 0) is 0 Å². The van der Waals surface area contributed by atoms with E-state index >= 15 is 0 Å². The lowest BCUT2D eigenvalue weighted by Gasteiger charge is -2.17. The monoisotopic (exact) mass is 500 g/mol. The molecule has 0 radical (unpaired) electrons. The molecule has 0 saturated carbocycles. The van der Waals surface area contributed by atoms with Gasteiger partial charge in [-0.2, -0.15) is 0 Å². The van der Waals surface area contributed by atoms with Gasteiger partial charge >= 0.3 is 0 Å². The highest BCUT2D eigenvalue weighted by molar-refractivity contribution is 6.20. The Balaban J connectivity index is 1.45. The smallest absolute Gasteiger partial charge is 0.0717 e. The van der Waals surface area contributed by atoms with Crippen molar-refractivity contribution in [3.63, 3.8) is 0 Å². The summed E-state index contributed by atoms with van der Waals surface area (Å²) in [5, 5.41) is 4.62. The van der Waals surface area contributed by atoms with Gasteiger partial charge in [-0.1, -0.05) is 60.2 Å². The number of hydrogen-bond acceptors (Lipinski definition) is 4. The molecule has 3 aromatic carbocycles. The van der Waals surface area contributed by atoms with E-state index in [1.807, 2.05) is 61.2 Å². The highest BCUT2D eigenvalue weighted by Crippen LogP contribution is 2.43. The van der Waals surface area contributed by atoms with Crippen LogP contribution in [0.25, 0.3) is 66.6 Å². The maximum atomic E-state index is 4.94. The summed E-state index contributed by atoms with van der Waals surface area (Å²) in [6.45, 7) is 2.13. The quantitative estimate of drug-likeness (QED) is 0.227. The van der Waals surface area contributed by atoms with Crippen molar-refractivity contribution in [2.75, 3.05) is 0 Å². The second-order valence-electron chi connectivity index (χ2n) is 9.64. The minimum atomic E-state index is 0.914. The molecule has 0 aliphatic rings. The van der Waals surface area contributed by atoms with Crippen LogP contribution >= 0.6 is 0 Å². The molecule has 0 N–H and O–H groups in total. The fraction of sp³-hybridized carbons (Fsp3) is 0.0286. The third-order valence-electron chi connectivity index (χ3n) is 7.14. The summed E-state index contributed by atoms with van der Waals surface area (Å²) in [6.07, 6.45) is 7.45. The molecule has 0 amide bonds. The van der Waals surface area contributed by atoms with Crippen molar-refractivity contribution >= 4 is 21.5 Å². The van der Waals surface area contributed by atoms with E-state index in [-0.39, 0.29) is 0 Å². The normalized spacial score (nSPS) is 11.2. The number of fused-ring (bicyclic) bond motifs is 2. The molecule has 0 aliphatic carbocycles. The molecule has 0 saturated heterocycles. The molecule has 4 heterocycles. The van der Waals surface area contributed by atoms with Gasteiger partial charge in [-0.3, -0.25) is 19.9 Å². The average Bonchev–Trinajstić information content (AvgIpc) is 3.01. The predicted molar refractivity (Wildman–Crippen MR) is 159 cm³/mol. The summed E-state index contributed by atoms with van der Waals surface area (Å²) in [7, 11) is 0. The first-order valence-electron chi connectivity index (χ1n) is 13.0. The first kappa shape index (κ1) is 22.9. The van der Waals surface area contributed by atoms with Gasteiger partial charge in [0.15, 0.2) is 0 Å². The van der Waals surface area contributed by atoms with Gasteiger partial charge in [-0.15, -0.1) is 0 Å². The summed E-state index contributed by atoms with van der Waals surface area (Å²) in [5.41, 5.74) is 9.16. The van der Waals surface area contributed by atoms with E-state index in [2.05, 4.69) is 83.6 Å². The number of aromatic nitrogens is 4. The van der Waals surface area contributed by atoms with Crippen molar-refractivity contribution in [1.29, 1.82) is 0 Å². The Morgan fingerprint density at radius 1 is 0.410 bits per heavy atom. The molecule has 0 unspecified atom stereocenters. The van der Waals surface area contributed by atoms with Gasteiger partial charge in [0.2, 0.25) is 0 Å². The number of pyridine rings is 4. The maximum absolute atomic E-state index is 4.94. The Morgan fingerprint density at radius 3 is 1.41 bits per heavy atom. The van der Waals surface area contributed by atoms with E-state index in [4.69, 9.17) is 9.97 Å². The van der Waals surface area contributed by atoms with Crippen molar-refractivity contribution in [2.24, 2.45) is 0 Å². The largest absolute Gasteiger partial charge is 0.256 e. The summed E-state index contributed by atoms with van der Waals surface area (Å²) < 4.78 is 0. The summed E-state index contributed by atoms with van der Waals surface area (Å²) in [4.78, 5) is 18.8. The highest BCUT2D eigenvalue weighted by atomic mass is 14.7. The van der Waals surface area contributed by atoms with E-state index < -0.39 is 0 Å². The lowest BCUT2D eigenvalue weighted by Crippen LogP contribution is -1.95. The zero-order chi connectivity index (χ0) is 26.2. The molecule has 184 valence electrons. The summed E-state index contributed by atoms with van der Waals surface area (Å²) in [6, 6.07) is 35.5. The molecule has 39 heavy (non-hydrogen) atoms. The Morgan fingerprint density at radius 2 is 0.923 bits per heavy atom. The van der Waals surface area contributed by atoms with Crippen LogP contribution < -0.4 is 0 Å². The topological polar surface area (TPSA) is 51.6 Å². The van der Waals surface area contributed by atoms with Crippen LogP contribution in [0.15, 0.2) is 128 Å². The van der Waals surface area contributed by atoms with Gasteiger partial charge in [-0.25, -0.2) is 0 Å². The molecule has 4 aromatic heterocycles. The molecule has 0 bridgehead atoms. The third kappa shape index (κ3) is 4.12. The standard InChI is InChI=1S/C35H24N4/c1-23-12-15-28-29(20-23)35(33-17-14-25(22-39-33)31-11-5-7-19-37-31)27-9-3-2-8-26(27)34(28)32-16-13-24(21-38-32)30-10-4-6-18-36-30/h2-22H,1H3. The Kier molecular flexibility index (Phi) is 5.64. The predicted octanol–water partition coefficient (Wildman–Crippen LogP) is 8.55. The van der Waals surface area contributed by atoms with Crippen LogP contribution in [0.4, 0.5) is 0 Å². The van der Waals surface area contributed by atoms with Crippen molar-refractivity contribution in [3.05, 3.63) is 133 Å². The maximum Gasteiger partial charge on any atom is 0.0717 e. The van der Waals surface area contributed by atoms with Crippen molar-refractivity contribution in [1.82, 2.24) is 19.9 Å². The van der Waals surface area contributed by atoms with Crippen LogP contribution in [0.3, 0.4) is 0 Å². The number of hydrogen-bond donors (Lipinski definition) is 0. The van der Waals surface area contributed by atoms with Crippen LogP contribution in [-0.4, -0.2) is 19.9 Å². The Bertz CT molecular complexity index is 1930. The van der Waals surface area contributed by atoms with E-state index in [1.165, 1.54) is 5.56 Å². The van der Waals surface area contributed by atoms with Crippen LogP contribution in [0.1, 0.15) is 5.56 Å². The lowest BCUT2D eigenvalue weighted by molar-refractivity contribution is 1.28. The van der Waals surface area contributed by atoms with Crippen LogP contribution in [0.5, 0.6) is 0 Å². The average molecular weight is 501 g/mol. The van der Waals surface area contributed by atoms with Crippen LogP contribution in [0, 0.1) is 6.92 Å². The molecule has 0 fully saturated rings. The Labute approximate surface area is 226 Å². The van der Waals surface area contributed by atoms with E-state index in [0.717, 1.165) is 66.6 Å². The molecule has 0 atom stereocenters. The number of rotatable bonds is 4. The summed E-state index contributed by atoms with van der Waals surface area (Å²) >= 11 is 0. The van der Waals surface area contributed by atoms with Crippen LogP contribution in [0.2, 0.25) is 0 Å². The molecular weight excluding hydrogens is 476 g/mol. The van der Waals surface area contributed by atoms with Gasteiger partial charge in [0, 0.05) is 47.0 Å². The third-order valence-corrected chi connectivity index (χ3v) is 7.14. The number of aryl methyl sites for hydroxylation is 1. The minimum Gasteiger partial charge on any atom is -0.256 e. The molecule has 7 aromatic rings. The molecule has 7 rings (SSSR count).